The minimum atomic E-state index is -0.410. The molecule has 0 radical (unpaired) electrons. The van der Waals surface area contributed by atoms with Crippen LogP contribution in [0.1, 0.15) is 27.0 Å². The van der Waals surface area contributed by atoms with E-state index in [1.807, 2.05) is 49.4 Å². The van der Waals surface area contributed by atoms with E-state index in [-0.39, 0.29) is 0 Å². The van der Waals surface area contributed by atoms with Gasteiger partial charge in [-0.2, -0.15) is 0 Å². The van der Waals surface area contributed by atoms with Crippen LogP contribution in [0.25, 0.3) is 22.9 Å². The lowest BCUT2D eigenvalue weighted by atomic mass is 10.0. The van der Waals surface area contributed by atoms with E-state index in [9.17, 15) is 4.79 Å². The first-order chi connectivity index (χ1) is 14.6. The van der Waals surface area contributed by atoms with Gasteiger partial charge in [0.05, 0.1) is 12.7 Å². The topological polar surface area (TPSA) is 35.5 Å². The lowest BCUT2D eigenvalue weighted by Gasteiger charge is -2.10. The predicted molar refractivity (Wildman–Crippen MR) is 122 cm³/mol. The van der Waals surface area contributed by atoms with Gasteiger partial charge in [0.25, 0.3) is 0 Å². The molecule has 0 aliphatic carbocycles. The Kier molecular flexibility index (Phi) is 5.62. The number of methoxy groups -OCH3 is 1. The molecule has 0 N–H and O–H groups in total. The largest absolute Gasteiger partial charge is 0.493 e. The maximum absolute atomic E-state index is 12.4. The fourth-order valence-corrected chi connectivity index (χ4v) is 3.30. The number of hydrogen-bond acceptors (Lipinski definition) is 3. The van der Waals surface area contributed by atoms with Gasteiger partial charge in [0, 0.05) is 0 Å². The van der Waals surface area contributed by atoms with Gasteiger partial charge in [-0.1, -0.05) is 78.4 Å². The number of fused-ring (bicyclic) bond motifs is 1. The van der Waals surface area contributed by atoms with Crippen LogP contribution >= 0.6 is 0 Å². The van der Waals surface area contributed by atoms with Crippen molar-refractivity contribution in [2.75, 3.05) is 7.11 Å². The highest BCUT2D eigenvalue weighted by atomic mass is 16.6. The second-order valence-electron chi connectivity index (χ2n) is 7.07. The molecule has 30 heavy (non-hydrogen) atoms. The highest BCUT2D eigenvalue weighted by molar-refractivity contribution is 5.93. The Bertz CT molecular complexity index is 1220. The number of aryl methyl sites for hydroxylation is 1. The molecular weight excluding hydrogens is 372 g/mol. The predicted octanol–water partition coefficient (Wildman–Crippen LogP) is 6.55. The van der Waals surface area contributed by atoms with Crippen LogP contribution in [0.4, 0.5) is 0 Å². The van der Waals surface area contributed by atoms with Gasteiger partial charge in [0.15, 0.2) is 11.5 Å². The third-order valence-corrected chi connectivity index (χ3v) is 4.96. The van der Waals surface area contributed by atoms with Crippen molar-refractivity contribution in [1.82, 2.24) is 0 Å². The van der Waals surface area contributed by atoms with E-state index in [4.69, 9.17) is 9.47 Å². The third kappa shape index (κ3) is 4.26. The summed E-state index contributed by atoms with van der Waals surface area (Å²) in [6.07, 6.45) is 4.10. The molecule has 0 aliphatic heterocycles. The standard InChI is InChI=1S/C27H22O3/c1-19-10-14-23(15-11-19)27(28)30-25-17-13-20(18-26(25)29-2)12-16-22-8-5-7-21-6-3-4-9-24(21)22/h3-18H,1-2H3/b16-12+. The maximum atomic E-state index is 12.4. The van der Waals surface area contributed by atoms with Crippen molar-refractivity contribution in [1.29, 1.82) is 0 Å². The van der Waals surface area contributed by atoms with E-state index >= 15 is 0 Å². The van der Waals surface area contributed by atoms with E-state index in [0.717, 1.165) is 16.7 Å². The minimum Gasteiger partial charge on any atom is -0.493 e. The van der Waals surface area contributed by atoms with Crippen LogP contribution in [0.2, 0.25) is 0 Å². The Hall–Kier alpha value is -3.85. The van der Waals surface area contributed by atoms with Crippen molar-refractivity contribution < 1.29 is 14.3 Å². The molecule has 3 nitrogen and oxygen atoms in total. The van der Waals surface area contributed by atoms with Gasteiger partial charge in [-0.25, -0.2) is 4.79 Å². The molecule has 0 aromatic heterocycles. The van der Waals surface area contributed by atoms with Crippen LogP contribution in [-0.4, -0.2) is 13.1 Å². The first-order valence-corrected chi connectivity index (χ1v) is 9.77. The summed E-state index contributed by atoms with van der Waals surface area (Å²) in [5.74, 6) is 0.494. The highest BCUT2D eigenvalue weighted by Gasteiger charge is 2.12. The quantitative estimate of drug-likeness (QED) is 0.219. The normalized spacial score (nSPS) is 11.0. The summed E-state index contributed by atoms with van der Waals surface area (Å²) < 4.78 is 11.0. The number of hydrogen-bond donors (Lipinski definition) is 0. The number of carbonyl (C=O) groups excluding carboxylic acids is 1. The van der Waals surface area contributed by atoms with Gasteiger partial charge in [-0.15, -0.1) is 0 Å². The Morgan fingerprint density at radius 2 is 1.57 bits per heavy atom. The van der Waals surface area contributed by atoms with E-state index < -0.39 is 5.97 Å². The monoisotopic (exact) mass is 394 g/mol. The maximum Gasteiger partial charge on any atom is 0.343 e. The van der Waals surface area contributed by atoms with Crippen LogP contribution in [0.5, 0.6) is 11.5 Å². The van der Waals surface area contributed by atoms with Gasteiger partial charge < -0.3 is 9.47 Å². The Labute approximate surface area is 176 Å². The molecule has 3 heteroatoms. The second-order valence-corrected chi connectivity index (χ2v) is 7.07. The van der Waals surface area contributed by atoms with Crippen LogP contribution in [0.3, 0.4) is 0 Å². The van der Waals surface area contributed by atoms with Crippen molar-refractivity contribution in [3.8, 4) is 11.5 Å². The second kappa shape index (κ2) is 8.66. The number of ether oxygens (including phenoxy) is 2. The van der Waals surface area contributed by atoms with Crippen LogP contribution < -0.4 is 9.47 Å². The lowest BCUT2D eigenvalue weighted by molar-refractivity contribution is 0.0729. The fraction of sp³-hybridized carbons (Fsp3) is 0.0741. The molecule has 4 aromatic carbocycles. The Balaban J connectivity index is 1.56. The molecule has 0 fully saturated rings. The molecule has 148 valence electrons. The summed E-state index contributed by atoms with van der Waals surface area (Å²) in [6, 6.07) is 27.3. The molecule has 0 spiro atoms. The average Bonchev–Trinajstić information content (AvgIpc) is 2.78. The third-order valence-electron chi connectivity index (χ3n) is 4.96. The van der Waals surface area contributed by atoms with Crippen molar-refractivity contribution in [3.05, 3.63) is 107 Å². The zero-order valence-electron chi connectivity index (χ0n) is 17.0. The Morgan fingerprint density at radius 1 is 0.800 bits per heavy atom. The van der Waals surface area contributed by atoms with Gasteiger partial charge in [0.1, 0.15) is 0 Å². The molecule has 0 atom stereocenters. The average molecular weight is 394 g/mol. The molecule has 4 rings (SSSR count). The van der Waals surface area contributed by atoms with E-state index in [2.05, 4.69) is 36.4 Å². The number of rotatable bonds is 5. The molecule has 0 heterocycles. The fourth-order valence-electron chi connectivity index (χ4n) is 3.30. The van der Waals surface area contributed by atoms with E-state index in [0.29, 0.717) is 17.1 Å². The number of esters is 1. The van der Waals surface area contributed by atoms with E-state index in [1.54, 1.807) is 25.3 Å². The molecule has 0 saturated carbocycles. The SMILES string of the molecule is COc1cc(/C=C/c2cccc3ccccc23)ccc1OC(=O)c1ccc(C)cc1. The lowest BCUT2D eigenvalue weighted by Crippen LogP contribution is -2.09. The highest BCUT2D eigenvalue weighted by Crippen LogP contribution is 2.30. The number of carbonyl (C=O) groups is 1. The summed E-state index contributed by atoms with van der Waals surface area (Å²) >= 11 is 0. The van der Waals surface area contributed by atoms with Crippen LogP contribution in [0.15, 0.2) is 84.9 Å². The van der Waals surface area contributed by atoms with Crippen molar-refractivity contribution in [3.63, 3.8) is 0 Å². The van der Waals surface area contributed by atoms with Crippen molar-refractivity contribution >= 4 is 28.9 Å². The molecule has 0 bridgehead atoms. The first-order valence-electron chi connectivity index (χ1n) is 9.77. The molecule has 0 amide bonds. The minimum absolute atomic E-state index is 0.394. The van der Waals surface area contributed by atoms with Crippen LogP contribution in [0, 0.1) is 6.92 Å². The Morgan fingerprint density at radius 3 is 2.37 bits per heavy atom. The smallest absolute Gasteiger partial charge is 0.343 e. The van der Waals surface area contributed by atoms with Crippen molar-refractivity contribution in [2.45, 2.75) is 6.92 Å². The number of benzene rings is 4. The van der Waals surface area contributed by atoms with Gasteiger partial charge >= 0.3 is 5.97 Å². The molecular formula is C27H22O3. The zero-order chi connectivity index (χ0) is 20.9. The summed E-state index contributed by atoms with van der Waals surface area (Å²) in [7, 11) is 1.57. The summed E-state index contributed by atoms with van der Waals surface area (Å²) in [5.41, 5.74) is 3.69. The van der Waals surface area contributed by atoms with E-state index in [1.165, 1.54) is 10.8 Å². The summed E-state index contributed by atoms with van der Waals surface area (Å²) in [4.78, 5) is 12.4. The first kappa shape index (κ1) is 19.5. The molecule has 4 aromatic rings. The summed E-state index contributed by atoms with van der Waals surface area (Å²) in [6.45, 7) is 1.97. The molecule has 0 unspecified atom stereocenters. The van der Waals surface area contributed by atoms with Gasteiger partial charge in [-0.3, -0.25) is 0 Å². The van der Waals surface area contributed by atoms with Gasteiger partial charge in [0.2, 0.25) is 0 Å². The summed E-state index contributed by atoms with van der Waals surface area (Å²) in [5, 5.41) is 2.41. The molecule has 0 saturated heterocycles. The molecule has 0 aliphatic rings. The van der Waals surface area contributed by atoms with Crippen molar-refractivity contribution in [2.24, 2.45) is 0 Å². The zero-order valence-corrected chi connectivity index (χ0v) is 17.0. The van der Waals surface area contributed by atoms with Gasteiger partial charge in [-0.05, 0) is 53.1 Å². The van der Waals surface area contributed by atoms with Crippen LogP contribution in [-0.2, 0) is 0 Å².